The monoisotopic (exact) mass is 372 g/mol. The minimum Gasteiger partial charge on any atom is -0.338 e. The third-order valence-corrected chi connectivity index (χ3v) is 3.78. The average Bonchev–Trinajstić information content (AvgIpc) is 2.57. The van der Waals surface area contributed by atoms with Crippen molar-refractivity contribution in [1.82, 2.24) is 14.9 Å². The van der Waals surface area contributed by atoms with Crippen LogP contribution in [0.4, 0.5) is 24.8 Å². The molecule has 0 atom stereocenters. The number of benzene rings is 1. The molecule has 0 spiro atoms. The number of halogens is 4. The quantitative estimate of drug-likeness (QED) is 0.846. The van der Waals surface area contributed by atoms with Gasteiger partial charge in [-0.25, -0.2) is 9.97 Å². The molecule has 0 unspecified atom stereocenters. The van der Waals surface area contributed by atoms with Gasteiger partial charge in [-0.15, -0.1) is 0 Å². The highest BCUT2D eigenvalue weighted by atomic mass is 35.5. The van der Waals surface area contributed by atoms with E-state index >= 15 is 0 Å². The van der Waals surface area contributed by atoms with Gasteiger partial charge in [0.15, 0.2) is 0 Å². The van der Waals surface area contributed by atoms with E-state index in [0.717, 1.165) is 12.1 Å². The second kappa shape index (κ2) is 7.69. The van der Waals surface area contributed by atoms with Crippen LogP contribution in [0.3, 0.4) is 0 Å². The number of nitrogens with zero attached hydrogens (tertiary/aromatic N) is 3. The summed E-state index contributed by atoms with van der Waals surface area (Å²) in [5.74, 6) is -0.254. The summed E-state index contributed by atoms with van der Waals surface area (Å²) in [6, 6.07) is 4.83. The number of aromatic nitrogens is 2. The Labute approximate surface area is 147 Å². The lowest BCUT2D eigenvalue weighted by Gasteiger charge is -2.18. The second-order valence-corrected chi connectivity index (χ2v) is 5.47. The highest BCUT2D eigenvalue weighted by molar-refractivity contribution is 6.31. The molecule has 5 nitrogen and oxygen atoms in total. The number of carbonyl (C=O) groups is 1. The number of carbonyl (C=O) groups excluding carboxylic acids is 1. The maximum absolute atomic E-state index is 12.9. The average molecular weight is 373 g/mol. The van der Waals surface area contributed by atoms with Gasteiger partial charge in [0.1, 0.15) is 5.69 Å². The molecule has 2 aromatic rings. The minimum atomic E-state index is -4.57. The number of amides is 1. The summed E-state index contributed by atoms with van der Waals surface area (Å²) in [5.41, 5.74) is -0.690. The smallest absolute Gasteiger partial charge is 0.338 e. The first-order valence-corrected chi connectivity index (χ1v) is 7.90. The molecule has 1 amide bonds. The molecular weight excluding hydrogens is 357 g/mol. The SMILES string of the molecule is CCN(CC)C(=O)c1ccnc(Nc2ccc(Cl)c(C(F)(F)F)c2)n1. The van der Waals surface area contributed by atoms with E-state index in [0.29, 0.717) is 13.1 Å². The number of hydrogen-bond acceptors (Lipinski definition) is 4. The Bertz CT molecular complexity index is 763. The van der Waals surface area contributed by atoms with Crippen LogP contribution in [0.5, 0.6) is 0 Å². The number of nitrogens with one attached hydrogen (secondary N) is 1. The fourth-order valence-electron chi connectivity index (χ4n) is 2.16. The summed E-state index contributed by atoms with van der Waals surface area (Å²) in [5, 5.41) is 2.26. The Morgan fingerprint density at radius 1 is 1.24 bits per heavy atom. The molecule has 0 saturated carbocycles. The van der Waals surface area contributed by atoms with Crippen molar-refractivity contribution in [3.05, 3.63) is 46.7 Å². The standard InChI is InChI=1S/C16H16ClF3N4O/c1-3-24(4-2)14(25)13-7-8-21-15(23-13)22-10-5-6-12(17)11(9-10)16(18,19)20/h5-9H,3-4H2,1-2H3,(H,21,22,23). The molecule has 1 aromatic carbocycles. The third-order valence-electron chi connectivity index (χ3n) is 3.45. The molecule has 1 N–H and O–H groups in total. The van der Waals surface area contributed by atoms with Gasteiger partial charge in [-0.1, -0.05) is 11.6 Å². The van der Waals surface area contributed by atoms with Crippen molar-refractivity contribution >= 4 is 29.1 Å². The lowest BCUT2D eigenvalue weighted by Crippen LogP contribution is -2.31. The molecule has 0 radical (unpaired) electrons. The Balaban J connectivity index is 2.27. The summed E-state index contributed by atoms with van der Waals surface area (Å²) in [6.45, 7) is 4.73. The molecule has 0 fully saturated rings. The maximum Gasteiger partial charge on any atom is 0.417 e. The van der Waals surface area contributed by atoms with E-state index in [9.17, 15) is 18.0 Å². The van der Waals surface area contributed by atoms with E-state index in [-0.39, 0.29) is 23.2 Å². The number of anilines is 2. The zero-order valence-electron chi connectivity index (χ0n) is 13.6. The van der Waals surface area contributed by atoms with Gasteiger partial charge in [-0.2, -0.15) is 13.2 Å². The predicted octanol–water partition coefficient (Wildman–Crippen LogP) is 4.37. The molecule has 25 heavy (non-hydrogen) atoms. The molecule has 0 saturated heterocycles. The Hall–Kier alpha value is -2.35. The van der Waals surface area contributed by atoms with Crippen molar-refractivity contribution in [3.63, 3.8) is 0 Å². The van der Waals surface area contributed by atoms with Crippen molar-refractivity contribution in [2.45, 2.75) is 20.0 Å². The van der Waals surface area contributed by atoms with Crippen molar-refractivity contribution in [2.75, 3.05) is 18.4 Å². The van der Waals surface area contributed by atoms with Crippen LogP contribution < -0.4 is 5.32 Å². The summed E-state index contributed by atoms with van der Waals surface area (Å²) < 4.78 is 38.7. The first-order chi connectivity index (χ1) is 11.8. The van der Waals surface area contributed by atoms with Gasteiger partial charge in [0, 0.05) is 25.0 Å². The van der Waals surface area contributed by atoms with Crippen LogP contribution in [0.1, 0.15) is 29.9 Å². The molecule has 1 aromatic heterocycles. The highest BCUT2D eigenvalue weighted by Crippen LogP contribution is 2.36. The number of alkyl halides is 3. The maximum atomic E-state index is 12.9. The summed E-state index contributed by atoms with van der Waals surface area (Å²) in [4.78, 5) is 21.9. The van der Waals surface area contributed by atoms with Crippen LogP contribution in [0.25, 0.3) is 0 Å². The van der Waals surface area contributed by atoms with Gasteiger partial charge >= 0.3 is 6.18 Å². The largest absolute Gasteiger partial charge is 0.417 e. The molecular formula is C16H16ClF3N4O. The van der Waals surface area contributed by atoms with Crippen molar-refractivity contribution in [2.24, 2.45) is 0 Å². The molecule has 134 valence electrons. The summed E-state index contributed by atoms with van der Waals surface area (Å²) >= 11 is 5.59. The van der Waals surface area contributed by atoms with Gasteiger partial charge in [0.25, 0.3) is 5.91 Å². The number of rotatable bonds is 5. The van der Waals surface area contributed by atoms with E-state index in [2.05, 4.69) is 15.3 Å². The predicted molar refractivity (Wildman–Crippen MR) is 89.0 cm³/mol. The van der Waals surface area contributed by atoms with Gasteiger partial charge < -0.3 is 10.2 Å². The first-order valence-electron chi connectivity index (χ1n) is 7.52. The molecule has 0 aliphatic heterocycles. The van der Waals surface area contributed by atoms with Crippen molar-refractivity contribution < 1.29 is 18.0 Å². The van der Waals surface area contributed by atoms with Gasteiger partial charge in [0.2, 0.25) is 5.95 Å². The third kappa shape index (κ3) is 4.60. The topological polar surface area (TPSA) is 58.1 Å². The van der Waals surface area contributed by atoms with Crippen LogP contribution in [0.2, 0.25) is 5.02 Å². The number of hydrogen-bond donors (Lipinski definition) is 1. The van der Waals surface area contributed by atoms with Crippen LogP contribution in [-0.4, -0.2) is 33.9 Å². The zero-order chi connectivity index (χ0) is 18.6. The summed E-state index contributed by atoms with van der Waals surface area (Å²) in [7, 11) is 0. The van der Waals surface area contributed by atoms with Gasteiger partial charge in [-0.3, -0.25) is 4.79 Å². The minimum absolute atomic E-state index is 0.0217. The molecule has 0 aliphatic rings. The van der Waals surface area contributed by atoms with E-state index in [1.54, 1.807) is 4.90 Å². The van der Waals surface area contributed by atoms with Crippen molar-refractivity contribution in [3.8, 4) is 0 Å². The van der Waals surface area contributed by atoms with E-state index in [1.807, 2.05) is 13.8 Å². The second-order valence-electron chi connectivity index (χ2n) is 5.06. The molecule has 1 heterocycles. The van der Waals surface area contributed by atoms with Crippen LogP contribution in [0, 0.1) is 0 Å². The Morgan fingerprint density at radius 3 is 2.52 bits per heavy atom. The van der Waals surface area contributed by atoms with Gasteiger partial charge in [0.05, 0.1) is 10.6 Å². The van der Waals surface area contributed by atoms with E-state index < -0.39 is 16.8 Å². The molecule has 0 bridgehead atoms. The molecule has 9 heteroatoms. The van der Waals surface area contributed by atoms with Crippen LogP contribution in [0.15, 0.2) is 30.5 Å². The zero-order valence-corrected chi connectivity index (χ0v) is 14.3. The normalized spacial score (nSPS) is 11.3. The molecule has 0 aliphatic carbocycles. The van der Waals surface area contributed by atoms with E-state index in [4.69, 9.17) is 11.6 Å². The Morgan fingerprint density at radius 2 is 1.92 bits per heavy atom. The fraction of sp³-hybridized carbons (Fsp3) is 0.312. The molecule has 2 rings (SSSR count). The lowest BCUT2D eigenvalue weighted by atomic mass is 10.2. The van der Waals surface area contributed by atoms with E-state index in [1.165, 1.54) is 18.3 Å². The fourth-order valence-corrected chi connectivity index (χ4v) is 2.38. The van der Waals surface area contributed by atoms with Crippen LogP contribution >= 0.6 is 11.6 Å². The summed E-state index contributed by atoms with van der Waals surface area (Å²) in [6.07, 6.45) is -3.21. The van der Waals surface area contributed by atoms with Crippen LogP contribution in [-0.2, 0) is 6.18 Å². The van der Waals surface area contributed by atoms with Crippen molar-refractivity contribution in [1.29, 1.82) is 0 Å². The Kier molecular flexibility index (Phi) is 5.84. The first kappa shape index (κ1) is 19.0. The highest BCUT2D eigenvalue weighted by Gasteiger charge is 2.33. The van der Waals surface area contributed by atoms with Gasteiger partial charge in [-0.05, 0) is 38.1 Å². The lowest BCUT2D eigenvalue weighted by molar-refractivity contribution is -0.137.